The zero-order valence-corrected chi connectivity index (χ0v) is 13.0. The fourth-order valence-electron chi connectivity index (χ4n) is 2.94. The maximum absolute atomic E-state index is 12.4. The van der Waals surface area contributed by atoms with Gasteiger partial charge in [0.2, 0.25) is 0 Å². The van der Waals surface area contributed by atoms with Gasteiger partial charge in [0, 0.05) is 10.8 Å². The molecule has 0 aliphatic heterocycles. The van der Waals surface area contributed by atoms with Crippen molar-refractivity contribution in [2.24, 2.45) is 11.8 Å². The Morgan fingerprint density at radius 1 is 1.32 bits per heavy atom. The van der Waals surface area contributed by atoms with E-state index in [1.807, 2.05) is 24.3 Å². The molecular weight excluding hydrogens is 276 g/mol. The Morgan fingerprint density at radius 3 is 2.79 bits per heavy atom. The van der Waals surface area contributed by atoms with Crippen LogP contribution >= 0.6 is 23.4 Å². The van der Waals surface area contributed by atoms with Gasteiger partial charge >= 0.3 is 0 Å². The van der Waals surface area contributed by atoms with Crippen LogP contribution < -0.4 is 0 Å². The summed E-state index contributed by atoms with van der Waals surface area (Å²) in [7, 11) is 0. The molecular formula is C16H21ClOS. The van der Waals surface area contributed by atoms with Gasteiger partial charge in [0.1, 0.15) is 5.78 Å². The van der Waals surface area contributed by atoms with Crippen LogP contribution in [-0.4, -0.2) is 11.5 Å². The van der Waals surface area contributed by atoms with Gasteiger partial charge in [-0.3, -0.25) is 4.79 Å². The lowest BCUT2D eigenvalue weighted by Crippen LogP contribution is -2.28. The molecule has 0 saturated heterocycles. The first kappa shape index (κ1) is 14.9. The average Bonchev–Trinajstić information content (AvgIpc) is 2.46. The molecule has 1 aliphatic carbocycles. The van der Waals surface area contributed by atoms with Crippen molar-refractivity contribution in [2.45, 2.75) is 43.9 Å². The summed E-state index contributed by atoms with van der Waals surface area (Å²) in [6, 6.07) is 7.75. The molecule has 2 rings (SSSR count). The molecule has 1 fully saturated rings. The van der Waals surface area contributed by atoms with E-state index < -0.39 is 0 Å². The summed E-state index contributed by atoms with van der Waals surface area (Å²) in [4.78, 5) is 13.4. The van der Waals surface area contributed by atoms with Crippen molar-refractivity contribution in [3.63, 3.8) is 0 Å². The number of carbonyl (C=O) groups excluding carboxylic acids is 1. The number of rotatable bonds is 5. The average molecular weight is 297 g/mol. The molecule has 1 aromatic carbocycles. The van der Waals surface area contributed by atoms with E-state index >= 15 is 0 Å². The smallest absolute Gasteiger partial charge is 0.146 e. The fourth-order valence-corrected chi connectivity index (χ4v) is 4.13. The Morgan fingerprint density at radius 2 is 2.05 bits per heavy atom. The van der Waals surface area contributed by atoms with E-state index in [1.165, 1.54) is 19.3 Å². The monoisotopic (exact) mass is 296 g/mol. The highest BCUT2D eigenvalue weighted by molar-refractivity contribution is 8.00. The predicted octanol–water partition coefficient (Wildman–Crippen LogP) is 5.22. The first-order valence-corrected chi connectivity index (χ1v) is 8.48. The minimum Gasteiger partial charge on any atom is -0.298 e. The van der Waals surface area contributed by atoms with Crippen molar-refractivity contribution >= 4 is 29.1 Å². The predicted molar refractivity (Wildman–Crippen MR) is 82.9 cm³/mol. The highest BCUT2D eigenvalue weighted by atomic mass is 35.5. The largest absolute Gasteiger partial charge is 0.298 e. The summed E-state index contributed by atoms with van der Waals surface area (Å²) in [6.45, 7) is 2.21. The first-order chi connectivity index (χ1) is 9.22. The van der Waals surface area contributed by atoms with Gasteiger partial charge < -0.3 is 0 Å². The van der Waals surface area contributed by atoms with Crippen molar-refractivity contribution in [1.29, 1.82) is 0 Å². The molecule has 2 unspecified atom stereocenters. The third kappa shape index (κ3) is 4.00. The summed E-state index contributed by atoms with van der Waals surface area (Å²) in [5.74, 6) is 1.86. The van der Waals surface area contributed by atoms with Gasteiger partial charge in [-0.25, -0.2) is 0 Å². The fraction of sp³-hybridized carbons (Fsp3) is 0.562. The molecule has 0 bridgehead atoms. The van der Waals surface area contributed by atoms with Gasteiger partial charge in [-0.1, -0.05) is 49.9 Å². The third-order valence-electron chi connectivity index (χ3n) is 4.05. The van der Waals surface area contributed by atoms with E-state index in [-0.39, 0.29) is 5.92 Å². The standard InChI is InChI=1S/C16H21ClOS/c1-2-12-7-3-4-8-13(12)15(18)11-19-16-10-6-5-9-14(16)17/h5-6,9-10,12-13H,2-4,7-8,11H2,1H3. The molecule has 0 amide bonds. The molecule has 0 spiro atoms. The van der Waals surface area contributed by atoms with Crippen LogP contribution in [0.2, 0.25) is 5.02 Å². The topological polar surface area (TPSA) is 17.1 Å². The second-order valence-corrected chi connectivity index (χ2v) is 6.67. The van der Waals surface area contributed by atoms with Crippen LogP contribution in [0.1, 0.15) is 39.0 Å². The van der Waals surface area contributed by atoms with E-state index in [0.29, 0.717) is 17.5 Å². The summed E-state index contributed by atoms with van der Waals surface area (Å²) in [5, 5.41) is 0.746. The van der Waals surface area contributed by atoms with Crippen LogP contribution in [0, 0.1) is 11.8 Å². The number of carbonyl (C=O) groups is 1. The number of benzene rings is 1. The zero-order valence-electron chi connectivity index (χ0n) is 11.4. The van der Waals surface area contributed by atoms with E-state index in [0.717, 1.165) is 22.8 Å². The second kappa shape index (κ2) is 7.35. The molecule has 1 saturated carbocycles. The Bertz CT molecular complexity index is 433. The van der Waals surface area contributed by atoms with Crippen LogP contribution in [0.25, 0.3) is 0 Å². The molecule has 104 valence electrons. The molecule has 3 heteroatoms. The molecule has 19 heavy (non-hydrogen) atoms. The van der Waals surface area contributed by atoms with Crippen molar-refractivity contribution in [3.05, 3.63) is 29.3 Å². The van der Waals surface area contributed by atoms with Crippen LogP contribution in [0.3, 0.4) is 0 Å². The first-order valence-electron chi connectivity index (χ1n) is 7.12. The Hall–Kier alpha value is -0.470. The quantitative estimate of drug-likeness (QED) is 0.693. The van der Waals surface area contributed by atoms with Crippen molar-refractivity contribution in [2.75, 3.05) is 5.75 Å². The zero-order chi connectivity index (χ0) is 13.7. The van der Waals surface area contributed by atoms with Crippen molar-refractivity contribution in [3.8, 4) is 0 Å². The van der Waals surface area contributed by atoms with E-state index in [4.69, 9.17) is 11.6 Å². The summed E-state index contributed by atoms with van der Waals surface area (Å²) in [6.07, 6.45) is 5.95. The Kier molecular flexibility index (Phi) is 5.77. The summed E-state index contributed by atoms with van der Waals surface area (Å²) in [5.41, 5.74) is 0. The normalized spacial score (nSPS) is 23.3. The van der Waals surface area contributed by atoms with Gasteiger partial charge in [0.15, 0.2) is 0 Å². The van der Waals surface area contributed by atoms with Crippen molar-refractivity contribution in [1.82, 2.24) is 0 Å². The van der Waals surface area contributed by atoms with Gasteiger partial charge in [-0.15, -0.1) is 11.8 Å². The van der Waals surface area contributed by atoms with Crippen molar-refractivity contribution < 1.29 is 4.79 Å². The minimum absolute atomic E-state index is 0.286. The number of hydrogen-bond donors (Lipinski definition) is 0. The van der Waals surface area contributed by atoms with E-state index in [2.05, 4.69) is 6.92 Å². The minimum atomic E-state index is 0.286. The molecule has 1 aromatic rings. The van der Waals surface area contributed by atoms with Gasteiger partial charge in [0.25, 0.3) is 0 Å². The van der Waals surface area contributed by atoms with Crippen LogP contribution in [0.4, 0.5) is 0 Å². The SMILES string of the molecule is CCC1CCCCC1C(=O)CSc1ccccc1Cl. The number of ketones is 1. The highest BCUT2D eigenvalue weighted by Crippen LogP contribution is 2.35. The maximum atomic E-state index is 12.4. The summed E-state index contributed by atoms with van der Waals surface area (Å²) >= 11 is 7.70. The molecule has 0 aromatic heterocycles. The Labute approximate surface area is 125 Å². The summed E-state index contributed by atoms with van der Waals surface area (Å²) < 4.78 is 0. The van der Waals surface area contributed by atoms with Gasteiger partial charge in [-0.05, 0) is 30.9 Å². The molecule has 1 aliphatic rings. The molecule has 0 radical (unpaired) electrons. The lowest BCUT2D eigenvalue weighted by Gasteiger charge is -2.29. The van der Waals surface area contributed by atoms with Gasteiger partial charge in [-0.2, -0.15) is 0 Å². The number of halogens is 1. The number of thioether (sulfide) groups is 1. The van der Waals surface area contributed by atoms with Gasteiger partial charge in [0.05, 0.1) is 10.8 Å². The lowest BCUT2D eigenvalue weighted by atomic mass is 9.76. The molecule has 0 N–H and O–H groups in total. The molecule has 1 nitrogen and oxygen atoms in total. The lowest BCUT2D eigenvalue weighted by molar-refractivity contribution is -0.123. The molecule has 2 atom stereocenters. The maximum Gasteiger partial charge on any atom is 0.146 e. The van der Waals surface area contributed by atoms with Crippen LogP contribution in [0.5, 0.6) is 0 Å². The highest BCUT2D eigenvalue weighted by Gasteiger charge is 2.29. The van der Waals surface area contributed by atoms with E-state index in [1.54, 1.807) is 11.8 Å². The third-order valence-corrected chi connectivity index (χ3v) is 5.59. The second-order valence-electron chi connectivity index (χ2n) is 5.24. The number of hydrogen-bond acceptors (Lipinski definition) is 2. The number of Topliss-reactive ketones (excluding diaryl/α,β-unsaturated/α-hetero) is 1. The van der Waals surface area contributed by atoms with Crippen LogP contribution in [0.15, 0.2) is 29.2 Å². The molecule has 0 heterocycles. The van der Waals surface area contributed by atoms with Crippen LogP contribution in [-0.2, 0) is 4.79 Å². The van der Waals surface area contributed by atoms with E-state index in [9.17, 15) is 4.79 Å². The Balaban J connectivity index is 1.92.